The molecule has 2 aliphatic rings. The number of unbranched alkanes of at least 4 members (excludes halogenated alkanes) is 2. The maximum atomic E-state index is 12.7. The third-order valence-corrected chi connectivity index (χ3v) is 6.22. The summed E-state index contributed by atoms with van der Waals surface area (Å²) in [6, 6.07) is 0. The van der Waals surface area contributed by atoms with E-state index in [1.807, 2.05) is 25.7 Å². The smallest absolute Gasteiger partial charge is 0.236 e. The van der Waals surface area contributed by atoms with Crippen molar-refractivity contribution in [2.75, 3.05) is 19.6 Å². The van der Waals surface area contributed by atoms with Crippen LogP contribution in [-0.2, 0) is 14.4 Å². The van der Waals surface area contributed by atoms with Gasteiger partial charge in [-0.2, -0.15) is 0 Å². The van der Waals surface area contributed by atoms with Crippen LogP contribution in [0.25, 0.3) is 0 Å². The topological polar surface area (TPSA) is 57.7 Å². The molecule has 5 nitrogen and oxygen atoms in total. The molecule has 0 saturated carbocycles. The average Bonchev–Trinajstić information content (AvgIpc) is 3.10. The van der Waals surface area contributed by atoms with E-state index in [-0.39, 0.29) is 23.6 Å². The van der Waals surface area contributed by atoms with Crippen LogP contribution in [0, 0.1) is 17.3 Å². The lowest BCUT2D eigenvalue weighted by atomic mass is 9.73. The van der Waals surface area contributed by atoms with Gasteiger partial charge in [0.15, 0.2) is 0 Å². The summed E-state index contributed by atoms with van der Waals surface area (Å²) in [6.45, 7) is 10.5. The minimum absolute atomic E-state index is 0.0112. The third kappa shape index (κ3) is 4.24. The summed E-state index contributed by atoms with van der Waals surface area (Å²) < 4.78 is 0. The maximum Gasteiger partial charge on any atom is 0.236 e. The van der Waals surface area contributed by atoms with Gasteiger partial charge in [0.25, 0.3) is 0 Å². The molecule has 2 saturated heterocycles. The predicted octanol–water partition coefficient (Wildman–Crippen LogP) is 3.23. The molecule has 0 aliphatic carbocycles. The highest BCUT2D eigenvalue weighted by Gasteiger charge is 2.51. The first-order chi connectivity index (χ1) is 11.8. The van der Waals surface area contributed by atoms with Gasteiger partial charge in [0, 0.05) is 32.5 Å². The van der Waals surface area contributed by atoms with Gasteiger partial charge in [-0.3, -0.25) is 19.3 Å². The molecule has 2 heterocycles. The van der Waals surface area contributed by atoms with E-state index in [1.165, 1.54) is 4.90 Å². The highest BCUT2D eigenvalue weighted by atomic mass is 16.2. The Bertz CT molecular complexity index is 517. The van der Waals surface area contributed by atoms with Gasteiger partial charge in [-0.15, -0.1) is 0 Å². The summed E-state index contributed by atoms with van der Waals surface area (Å²) >= 11 is 0. The van der Waals surface area contributed by atoms with E-state index < -0.39 is 5.41 Å². The summed E-state index contributed by atoms with van der Waals surface area (Å²) in [5, 5.41) is 0. The van der Waals surface area contributed by atoms with Crippen LogP contribution in [0.3, 0.4) is 0 Å². The average molecular weight is 351 g/mol. The first-order valence-corrected chi connectivity index (χ1v) is 9.94. The number of imide groups is 1. The van der Waals surface area contributed by atoms with Gasteiger partial charge in [0.05, 0.1) is 5.41 Å². The van der Waals surface area contributed by atoms with E-state index in [1.54, 1.807) is 0 Å². The van der Waals surface area contributed by atoms with Crippen LogP contribution in [-0.4, -0.2) is 47.2 Å². The number of carbonyl (C=O) groups excluding carboxylic acids is 3. The van der Waals surface area contributed by atoms with Crippen LogP contribution in [0.2, 0.25) is 0 Å². The van der Waals surface area contributed by atoms with Gasteiger partial charge in [0.2, 0.25) is 17.7 Å². The Labute approximate surface area is 152 Å². The Morgan fingerprint density at radius 3 is 2.48 bits per heavy atom. The van der Waals surface area contributed by atoms with Gasteiger partial charge in [-0.05, 0) is 37.5 Å². The normalized spacial score (nSPS) is 27.0. The minimum Gasteiger partial charge on any atom is -0.342 e. The molecule has 1 unspecified atom stereocenters. The van der Waals surface area contributed by atoms with Gasteiger partial charge in [0.1, 0.15) is 0 Å². The van der Waals surface area contributed by atoms with Crippen LogP contribution in [0.15, 0.2) is 0 Å². The van der Waals surface area contributed by atoms with E-state index in [9.17, 15) is 14.4 Å². The van der Waals surface area contributed by atoms with Crippen LogP contribution in [0.1, 0.15) is 72.6 Å². The molecule has 0 N–H and O–H groups in total. The lowest BCUT2D eigenvalue weighted by molar-refractivity contribution is -0.142. The number of amides is 3. The van der Waals surface area contributed by atoms with E-state index >= 15 is 0 Å². The lowest BCUT2D eigenvalue weighted by Crippen LogP contribution is -2.38. The molecule has 0 aromatic rings. The summed E-state index contributed by atoms with van der Waals surface area (Å²) in [5.74, 6) is 1.04. The second-order valence-corrected chi connectivity index (χ2v) is 8.24. The summed E-state index contributed by atoms with van der Waals surface area (Å²) in [5.41, 5.74) is -0.501. The van der Waals surface area contributed by atoms with E-state index in [4.69, 9.17) is 0 Å². The van der Waals surface area contributed by atoms with Crippen molar-refractivity contribution >= 4 is 17.7 Å². The Balaban J connectivity index is 1.72. The fraction of sp³-hybridized carbons (Fsp3) is 0.850. The van der Waals surface area contributed by atoms with Crippen molar-refractivity contribution in [3.8, 4) is 0 Å². The van der Waals surface area contributed by atoms with Crippen molar-refractivity contribution < 1.29 is 14.4 Å². The van der Waals surface area contributed by atoms with Crippen molar-refractivity contribution in [3.05, 3.63) is 0 Å². The molecule has 2 fully saturated rings. The van der Waals surface area contributed by atoms with Crippen molar-refractivity contribution in [2.45, 2.75) is 72.6 Å². The second kappa shape index (κ2) is 8.33. The molecule has 0 bridgehead atoms. The Kier molecular flexibility index (Phi) is 6.64. The van der Waals surface area contributed by atoms with Gasteiger partial charge < -0.3 is 4.90 Å². The molecular weight excluding hydrogens is 316 g/mol. The van der Waals surface area contributed by atoms with E-state index in [0.717, 1.165) is 38.8 Å². The summed E-state index contributed by atoms with van der Waals surface area (Å²) in [4.78, 5) is 40.6. The van der Waals surface area contributed by atoms with Crippen LogP contribution in [0.4, 0.5) is 0 Å². The number of likely N-dealkylation sites (tertiary alicyclic amines) is 2. The van der Waals surface area contributed by atoms with Crippen molar-refractivity contribution in [2.24, 2.45) is 17.3 Å². The standard InChI is InChI=1S/C20H34N2O3/c1-5-20(15(2)3)13-18(24)22(19(20)25)11-8-6-7-9-17(23)21-12-10-16(4)14-21/h15-16H,5-14H2,1-4H3/t16-,20?/m0/s1. The van der Waals surface area contributed by atoms with Crippen LogP contribution in [0.5, 0.6) is 0 Å². The molecule has 0 spiro atoms. The Morgan fingerprint density at radius 2 is 1.96 bits per heavy atom. The van der Waals surface area contributed by atoms with Crippen molar-refractivity contribution in [3.63, 3.8) is 0 Å². The molecule has 3 amide bonds. The largest absolute Gasteiger partial charge is 0.342 e. The van der Waals surface area contributed by atoms with E-state index in [0.29, 0.717) is 31.7 Å². The zero-order chi connectivity index (χ0) is 18.6. The minimum atomic E-state index is -0.501. The molecule has 2 atom stereocenters. The SMILES string of the molecule is CCC1(C(C)C)CC(=O)N(CCCCCC(=O)N2CC[C@H](C)C2)C1=O. The van der Waals surface area contributed by atoms with Gasteiger partial charge in [-0.1, -0.05) is 34.1 Å². The molecule has 0 aromatic carbocycles. The fourth-order valence-electron chi connectivity index (χ4n) is 4.23. The molecule has 25 heavy (non-hydrogen) atoms. The zero-order valence-corrected chi connectivity index (χ0v) is 16.3. The number of rotatable bonds is 8. The van der Waals surface area contributed by atoms with Gasteiger partial charge >= 0.3 is 0 Å². The number of hydrogen-bond acceptors (Lipinski definition) is 3. The van der Waals surface area contributed by atoms with Gasteiger partial charge in [-0.25, -0.2) is 0 Å². The second-order valence-electron chi connectivity index (χ2n) is 8.24. The highest BCUT2D eigenvalue weighted by molar-refractivity contribution is 6.06. The highest BCUT2D eigenvalue weighted by Crippen LogP contribution is 2.42. The number of nitrogens with zero attached hydrogens (tertiary/aromatic N) is 2. The van der Waals surface area contributed by atoms with E-state index in [2.05, 4.69) is 6.92 Å². The third-order valence-electron chi connectivity index (χ3n) is 6.22. The zero-order valence-electron chi connectivity index (χ0n) is 16.3. The quantitative estimate of drug-likeness (QED) is 0.499. The van der Waals surface area contributed by atoms with Crippen LogP contribution < -0.4 is 0 Å². The lowest BCUT2D eigenvalue weighted by Gasteiger charge is -2.29. The molecule has 0 aromatic heterocycles. The van der Waals surface area contributed by atoms with Crippen LogP contribution >= 0.6 is 0 Å². The van der Waals surface area contributed by atoms with Crippen molar-refractivity contribution in [1.29, 1.82) is 0 Å². The first kappa shape index (κ1) is 19.9. The summed E-state index contributed by atoms with van der Waals surface area (Å²) in [6.07, 6.45) is 5.27. The fourth-order valence-corrected chi connectivity index (χ4v) is 4.23. The maximum absolute atomic E-state index is 12.7. The van der Waals surface area contributed by atoms with Crippen molar-refractivity contribution in [1.82, 2.24) is 9.80 Å². The Morgan fingerprint density at radius 1 is 1.24 bits per heavy atom. The molecule has 142 valence electrons. The molecular formula is C20H34N2O3. The predicted molar refractivity (Wildman–Crippen MR) is 97.7 cm³/mol. The molecule has 2 aliphatic heterocycles. The monoisotopic (exact) mass is 350 g/mol. The number of carbonyl (C=O) groups is 3. The summed E-state index contributed by atoms with van der Waals surface area (Å²) in [7, 11) is 0. The first-order valence-electron chi connectivity index (χ1n) is 9.94. The molecule has 2 rings (SSSR count). The number of hydrogen-bond donors (Lipinski definition) is 0. The Hall–Kier alpha value is -1.39. The molecule has 5 heteroatoms. The molecule has 0 radical (unpaired) electrons.